The fourth-order valence-electron chi connectivity index (χ4n) is 2.30. The molecule has 2 heterocycles. The third kappa shape index (κ3) is 3.77. The number of nitrogens with two attached hydrogens (primary N) is 2. The van der Waals surface area contributed by atoms with Crippen molar-refractivity contribution < 1.29 is 31.6 Å². The van der Waals surface area contributed by atoms with Gasteiger partial charge in [0.2, 0.25) is 11.8 Å². The molecule has 2 rings (SSSR count). The van der Waals surface area contributed by atoms with E-state index in [1.54, 1.807) is 0 Å². The van der Waals surface area contributed by atoms with E-state index in [1.807, 2.05) is 0 Å². The zero-order chi connectivity index (χ0) is 15.9. The van der Waals surface area contributed by atoms with Gasteiger partial charge in [0.25, 0.3) is 0 Å². The number of urea groups is 1. The van der Waals surface area contributed by atoms with Crippen LogP contribution < -0.4 is 11.5 Å². The van der Waals surface area contributed by atoms with Gasteiger partial charge in [0, 0.05) is 6.42 Å². The zero-order valence-electron chi connectivity index (χ0n) is 10.5. The van der Waals surface area contributed by atoms with Gasteiger partial charge < -0.3 is 16.4 Å². The number of hydrogen-bond acceptors (Lipinski definition) is 6. The summed E-state index contributed by atoms with van der Waals surface area (Å²) >= 11 is 0. The molecule has 0 unspecified atom stereocenters. The van der Waals surface area contributed by atoms with Gasteiger partial charge in [-0.3, -0.25) is 14.1 Å². The van der Waals surface area contributed by atoms with Crippen LogP contribution in [0, 0.1) is 0 Å². The van der Waals surface area contributed by atoms with E-state index in [9.17, 15) is 22.8 Å². The number of hydroxylamine groups is 2. The molecule has 13 heteroatoms. The molecule has 11 nitrogen and oxygen atoms in total. The van der Waals surface area contributed by atoms with Crippen molar-refractivity contribution in [2.45, 2.75) is 18.5 Å². The van der Waals surface area contributed by atoms with Crippen LogP contribution in [0.2, 0.25) is 0 Å². The van der Waals surface area contributed by atoms with Crippen LogP contribution in [0.1, 0.15) is 6.42 Å². The van der Waals surface area contributed by atoms with E-state index in [0.717, 1.165) is 4.90 Å². The van der Waals surface area contributed by atoms with Gasteiger partial charge in [-0.05, 0) is 5.57 Å². The molecule has 22 heavy (non-hydrogen) atoms. The summed E-state index contributed by atoms with van der Waals surface area (Å²) in [5, 5.41) is 0.368. The van der Waals surface area contributed by atoms with Crippen LogP contribution in [0.5, 0.6) is 0 Å². The van der Waals surface area contributed by atoms with Gasteiger partial charge >= 0.3 is 46.0 Å². The Labute approximate surface area is 147 Å². The first kappa shape index (κ1) is 18.9. The fourth-order valence-corrected chi connectivity index (χ4v) is 2.67. The van der Waals surface area contributed by atoms with Gasteiger partial charge in [0.15, 0.2) is 0 Å². The Balaban J connectivity index is 0.00000242. The molecule has 0 aromatic heterocycles. The third-order valence-corrected chi connectivity index (χ3v) is 3.42. The van der Waals surface area contributed by atoms with E-state index in [2.05, 4.69) is 4.28 Å². The molecular weight excluding hydrogens is 331 g/mol. The van der Waals surface area contributed by atoms with E-state index in [4.69, 9.17) is 16.0 Å². The van der Waals surface area contributed by atoms with Crippen LogP contribution >= 0.6 is 0 Å². The summed E-state index contributed by atoms with van der Waals surface area (Å²) < 4.78 is 34.5. The molecule has 0 aliphatic carbocycles. The summed E-state index contributed by atoms with van der Waals surface area (Å²) in [4.78, 5) is 35.3. The maximum atomic E-state index is 12.0. The van der Waals surface area contributed by atoms with E-state index in [1.165, 1.54) is 6.08 Å². The number of carbonyl (C=O) groups is 3. The van der Waals surface area contributed by atoms with Crippen LogP contribution in [0.4, 0.5) is 4.79 Å². The molecule has 5 N–H and O–H groups in total. The Bertz CT molecular complexity index is 648. The molecule has 0 saturated carbocycles. The molecule has 118 valence electrons. The molecule has 0 radical (unpaired) electrons. The molecule has 2 bridgehead atoms. The van der Waals surface area contributed by atoms with Crippen molar-refractivity contribution in [3.63, 3.8) is 0 Å². The first-order valence-corrected chi connectivity index (χ1v) is 7.01. The summed E-state index contributed by atoms with van der Waals surface area (Å²) in [6.07, 6.45) is 0.938. The monoisotopic (exact) mass is 344 g/mol. The molecule has 2 aliphatic heterocycles. The average Bonchev–Trinajstić information content (AvgIpc) is 2.56. The van der Waals surface area contributed by atoms with Crippen LogP contribution in [-0.4, -0.2) is 89.0 Å². The number of carbonyl (C=O) groups excluding carboxylic acids is 3. The minimum atomic E-state index is -4.95. The zero-order valence-corrected chi connectivity index (χ0v) is 11.3. The fraction of sp³-hybridized carbons (Fsp3) is 0.444. The predicted octanol–water partition coefficient (Wildman–Crippen LogP) is -3.15. The normalized spacial score (nSPS) is 23.9. The second kappa shape index (κ2) is 6.52. The Morgan fingerprint density at radius 1 is 1.41 bits per heavy atom. The van der Waals surface area contributed by atoms with Crippen molar-refractivity contribution in [2.24, 2.45) is 11.5 Å². The minimum absolute atomic E-state index is 0. The van der Waals surface area contributed by atoms with Crippen molar-refractivity contribution in [2.75, 3.05) is 6.54 Å². The quantitative estimate of drug-likeness (QED) is 0.268. The third-order valence-electron chi connectivity index (χ3n) is 3.07. The van der Waals surface area contributed by atoms with E-state index < -0.39 is 40.3 Å². The van der Waals surface area contributed by atoms with Crippen LogP contribution in [0.25, 0.3) is 0 Å². The van der Waals surface area contributed by atoms with E-state index >= 15 is 0 Å². The molecule has 4 amide bonds. The van der Waals surface area contributed by atoms with Gasteiger partial charge in [-0.2, -0.15) is 13.5 Å². The number of nitrogens with zero attached hydrogens (tertiary/aromatic N) is 2. The Morgan fingerprint density at radius 3 is 2.45 bits per heavy atom. The molecule has 1 fully saturated rings. The second-order valence-electron chi connectivity index (χ2n) is 4.51. The molecule has 0 aromatic rings. The summed E-state index contributed by atoms with van der Waals surface area (Å²) in [7, 11) is -4.95. The van der Waals surface area contributed by atoms with Gasteiger partial charge in [-0.15, -0.1) is 4.28 Å². The first-order valence-electron chi connectivity index (χ1n) is 5.65. The SMILES string of the molecule is NC(=O)CC1=C[C@@H](C(N)=O)N2C[C@@H]1N(OS(=O)(=O)O)C2=O.[NaH]. The van der Waals surface area contributed by atoms with Crippen molar-refractivity contribution in [1.82, 2.24) is 9.96 Å². The van der Waals surface area contributed by atoms with Gasteiger partial charge in [0.05, 0.1) is 6.54 Å². The van der Waals surface area contributed by atoms with Gasteiger partial charge in [-0.25, -0.2) is 4.79 Å². The second-order valence-corrected chi connectivity index (χ2v) is 5.52. The number of fused-ring (bicyclic) bond motifs is 2. The van der Waals surface area contributed by atoms with Crippen LogP contribution in [0.3, 0.4) is 0 Å². The summed E-state index contributed by atoms with van der Waals surface area (Å²) in [5.74, 6) is -1.61. The van der Waals surface area contributed by atoms with Crippen molar-refractivity contribution in [3.8, 4) is 0 Å². The van der Waals surface area contributed by atoms with Crippen molar-refractivity contribution in [3.05, 3.63) is 11.6 Å². The van der Waals surface area contributed by atoms with Crippen molar-refractivity contribution >= 4 is 57.8 Å². The number of rotatable bonds is 5. The first-order chi connectivity index (χ1) is 9.60. The Hall–Kier alpha value is -1.18. The molecule has 2 atom stereocenters. The van der Waals surface area contributed by atoms with Crippen molar-refractivity contribution in [1.29, 1.82) is 0 Å². The standard InChI is InChI=1S/C9H12N4O7S.Na.H/c10-7(14)2-4-1-5(8(11)15)12-3-6(4)13(9(12)16)20-21(17,18)19;;/h1,5-6H,2-3H2,(H2,10,14)(H2,11,15)(H,17,18,19);;/t5-,6-;;/m0../s1. The van der Waals surface area contributed by atoms with Crippen LogP contribution in [0.15, 0.2) is 11.6 Å². The number of amides is 4. The maximum absolute atomic E-state index is 12.0. The molecular formula is C9H13N4NaO7S. The molecule has 0 aromatic carbocycles. The number of hydrogen-bond donors (Lipinski definition) is 3. The average molecular weight is 344 g/mol. The molecule has 2 aliphatic rings. The molecule has 1 saturated heterocycles. The Morgan fingerprint density at radius 2 is 2.00 bits per heavy atom. The Kier molecular flexibility index (Phi) is 5.59. The van der Waals surface area contributed by atoms with E-state index in [-0.39, 0.29) is 48.1 Å². The summed E-state index contributed by atoms with van der Waals surface area (Å²) in [5.41, 5.74) is 10.4. The summed E-state index contributed by atoms with van der Waals surface area (Å²) in [6.45, 7) is -0.124. The molecule has 0 spiro atoms. The number of primary amides is 2. The van der Waals surface area contributed by atoms with Crippen LogP contribution in [-0.2, 0) is 24.3 Å². The predicted molar refractivity (Wildman–Crippen MR) is 72.4 cm³/mol. The summed E-state index contributed by atoms with van der Waals surface area (Å²) in [6, 6.07) is -3.10. The van der Waals surface area contributed by atoms with Gasteiger partial charge in [-0.1, -0.05) is 6.08 Å². The topological polar surface area (TPSA) is 173 Å². The van der Waals surface area contributed by atoms with E-state index in [0.29, 0.717) is 5.06 Å². The van der Waals surface area contributed by atoms with Gasteiger partial charge in [0.1, 0.15) is 12.1 Å².